The second-order valence-electron chi connectivity index (χ2n) is 0. The fraction of sp³-hybridized carbons (Fsp3) is 0. The molecule has 0 radical (unpaired) electrons. The van der Waals surface area contributed by atoms with E-state index in [0.717, 1.165) is 0 Å². The third-order valence-electron chi connectivity index (χ3n) is 0. The van der Waals surface area contributed by atoms with Crippen molar-refractivity contribution in [2.75, 3.05) is 0 Å². The summed E-state index contributed by atoms with van der Waals surface area (Å²) in [4.78, 5) is 0. The molecule has 0 aliphatic heterocycles. The van der Waals surface area contributed by atoms with Crippen molar-refractivity contribution in [3.63, 3.8) is 0 Å². The van der Waals surface area contributed by atoms with Crippen molar-refractivity contribution in [3.8, 4) is 0 Å². The van der Waals surface area contributed by atoms with Crippen molar-refractivity contribution in [3.05, 3.63) is 0 Å². The van der Waals surface area contributed by atoms with Crippen molar-refractivity contribution in [1.29, 1.82) is 0 Å². The molecule has 0 unspecified atom stereocenters. The summed E-state index contributed by atoms with van der Waals surface area (Å²) in [5, 5.41) is 0. The molecular weight excluding hydrogens is 197 g/mol. The van der Waals surface area contributed by atoms with Crippen LogP contribution in [0, 0.1) is 0 Å². The summed E-state index contributed by atoms with van der Waals surface area (Å²) in [6, 6.07) is 0. The zero-order chi connectivity index (χ0) is 2.00. The molecule has 0 aliphatic carbocycles. The van der Waals surface area contributed by atoms with Gasteiger partial charge in [0.25, 0.3) is 0 Å². The number of hydrogen-bond donors (Lipinski definition) is 0. The summed E-state index contributed by atoms with van der Waals surface area (Å²) in [5.74, 6) is 0. The molecule has 0 bridgehead atoms. The van der Waals surface area contributed by atoms with Crippen LogP contribution in [-0.2, 0) is 27.0 Å². The second-order valence-corrected chi connectivity index (χ2v) is 0. The van der Waals surface area contributed by atoms with E-state index in [9.17, 15) is 0 Å². The van der Waals surface area contributed by atoms with E-state index < -0.39 is 0 Å². The molecule has 0 spiro atoms. The first-order chi connectivity index (χ1) is 1.00. The van der Waals surface area contributed by atoms with Crippen LogP contribution in [0.2, 0.25) is 0 Å². The maximum Gasteiger partial charge on any atom is 4.00 e. The van der Waals surface area contributed by atoms with Gasteiger partial charge in [0.05, 0.1) is 8.95 Å². The van der Waals surface area contributed by atoms with Crippen molar-refractivity contribution in [2.24, 2.45) is 0 Å². The third-order valence-corrected chi connectivity index (χ3v) is 0. The molecule has 0 aromatic rings. The summed E-state index contributed by atoms with van der Waals surface area (Å²) in [6.07, 6.45) is 0. The Kier molecular flexibility index (Phi) is 265. The molecule has 5 heteroatoms. The Balaban J connectivity index is -0.00000000167. The zero-order valence-electron chi connectivity index (χ0n) is 2.43. The van der Waals surface area contributed by atoms with Crippen LogP contribution in [0.1, 0.15) is 0 Å². The van der Waals surface area contributed by atoms with Crippen LogP contribution in [-0.4, -0.2) is 26.5 Å². The molecule has 5 heavy (non-hydrogen) atoms. The van der Waals surface area contributed by atoms with Gasteiger partial charge in [-0.3, -0.25) is 0 Å². The molecule has 0 N–H and O–H groups in total. The molecule has 0 nitrogen and oxygen atoms in total. The molecule has 0 saturated heterocycles. The van der Waals surface area contributed by atoms with Gasteiger partial charge in [-0.25, -0.2) is 0 Å². The second kappa shape index (κ2) is 44.1. The number of hydrogen-bond acceptors (Lipinski definition) is 1. The topological polar surface area (TPSA) is 0 Å². The molecule has 0 fully saturated rings. The Morgan fingerprint density at radius 1 is 1.00 bits per heavy atom. The van der Waals surface area contributed by atoms with E-state index in [0.29, 0.717) is 0 Å². The minimum absolute atomic E-state index is 0. The average molecular weight is 199 g/mol. The van der Waals surface area contributed by atoms with Crippen LogP contribution in [0.5, 0.6) is 0 Å². The largest absolute Gasteiger partial charge is 4.00 e. The van der Waals surface area contributed by atoms with Gasteiger partial charge in [0.2, 0.25) is 0 Å². The fourth-order valence-corrected chi connectivity index (χ4v) is 0. The van der Waals surface area contributed by atoms with Crippen LogP contribution in [0.15, 0.2) is 0 Å². The first-order valence-electron chi connectivity index (χ1n) is 0.289. The van der Waals surface area contributed by atoms with Crippen LogP contribution in [0.4, 0.5) is 0 Å². The predicted octanol–water partition coefficient (Wildman–Crippen LogP) is -0.654. The van der Waals surface area contributed by atoms with Gasteiger partial charge in [-0.1, -0.05) is 0 Å². The number of rotatable bonds is 0. The zero-order valence-corrected chi connectivity index (χ0v) is 8.39. The van der Waals surface area contributed by atoms with E-state index in [1.54, 1.807) is 0 Å². The first kappa shape index (κ1) is 30.0. The molecule has 0 aromatic heterocycles. The summed E-state index contributed by atoms with van der Waals surface area (Å²) in [5.41, 5.74) is 0. The molecule has 0 aliphatic rings. The van der Waals surface area contributed by atoms with E-state index in [2.05, 4.69) is 11.6 Å². The average Bonchev–Trinajstić information content (AvgIpc) is 1.00. The molecule has 0 atom stereocenters. The minimum atomic E-state index is 0. The molecule has 28 valence electrons. The quantitative estimate of drug-likeness (QED) is 0.467. The van der Waals surface area contributed by atoms with Crippen molar-refractivity contribution in [1.82, 2.24) is 0 Å². The van der Waals surface area contributed by atoms with Gasteiger partial charge >= 0.3 is 17.6 Å². The van der Waals surface area contributed by atoms with Gasteiger partial charge in [0.1, 0.15) is 0 Å². The van der Waals surface area contributed by atoms with Crippen LogP contribution in [0.25, 0.3) is 0 Å². The smallest absolute Gasteiger partial charge is 2.00 e. The maximum absolute atomic E-state index is 4.11. The van der Waals surface area contributed by atoms with E-state index in [4.69, 9.17) is 0 Å². The summed E-state index contributed by atoms with van der Waals surface area (Å²) in [6.45, 7) is 0. The van der Waals surface area contributed by atoms with E-state index in [-0.39, 0.29) is 44.6 Å². The van der Waals surface area contributed by atoms with Gasteiger partial charge < -0.3 is 27.0 Å². The van der Waals surface area contributed by atoms with Gasteiger partial charge in [-0.15, -0.1) is 11.6 Å². The Morgan fingerprint density at radius 2 is 1.00 bits per heavy atom. The molecule has 0 aromatic carbocycles. The Morgan fingerprint density at radius 3 is 1.00 bits per heavy atom. The summed E-state index contributed by atoms with van der Waals surface area (Å²) < 4.78 is 0. The monoisotopic (exact) mass is 200 g/mol. The van der Waals surface area contributed by atoms with E-state index in [1.807, 2.05) is 0 Å². The SMILES string of the molecule is [Ge+4].[S-2].[S-2].[SiH2]=S. The minimum Gasteiger partial charge on any atom is -2.00 e. The third kappa shape index (κ3) is 27.3. The molecular formula is H2GeS3Si. The van der Waals surface area contributed by atoms with Gasteiger partial charge in [0.15, 0.2) is 0 Å². The molecule has 0 rings (SSSR count). The Hall–Kier alpha value is 1.68. The van der Waals surface area contributed by atoms with E-state index >= 15 is 0 Å². The summed E-state index contributed by atoms with van der Waals surface area (Å²) >= 11 is 4.11. The van der Waals surface area contributed by atoms with Crippen molar-refractivity contribution < 1.29 is 0 Å². The summed E-state index contributed by atoms with van der Waals surface area (Å²) in [7, 11) is 1.44. The van der Waals surface area contributed by atoms with Gasteiger partial charge in [0, 0.05) is 0 Å². The first-order valence-corrected chi connectivity index (χ1v) is 2.60. The fourth-order valence-electron chi connectivity index (χ4n) is 0. The van der Waals surface area contributed by atoms with Crippen LogP contribution in [0.3, 0.4) is 0 Å². The molecule has 0 heterocycles. The van der Waals surface area contributed by atoms with Gasteiger partial charge in [-0.2, -0.15) is 0 Å². The van der Waals surface area contributed by atoms with E-state index in [1.165, 1.54) is 8.95 Å². The standard InChI is InChI=1S/Ge.H2SSi.2S/c;1-2;;/h;2H2;;/q+4;;2*-2. The predicted molar refractivity (Wildman–Crippen MR) is 36.6 cm³/mol. The normalized spacial score (nSPS) is 0.800. The van der Waals surface area contributed by atoms with Crippen molar-refractivity contribution >= 4 is 65.2 Å². The molecule has 0 amide bonds. The Labute approximate surface area is 64.9 Å². The Bertz CT molecular complexity index is 6.85. The maximum atomic E-state index is 4.11. The van der Waals surface area contributed by atoms with Crippen molar-refractivity contribution in [2.45, 2.75) is 0 Å². The van der Waals surface area contributed by atoms with Gasteiger partial charge in [-0.05, 0) is 0 Å². The van der Waals surface area contributed by atoms with Crippen LogP contribution >= 0.6 is 11.6 Å². The van der Waals surface area contributed by atoms with Crippen LogP contribution < -0.4 is 0 Å². The molecule has 0 saturated carbocycles.